The van der Waals surface area contributed by atoms with Crippen LogP contribution in [0.2, 0.25) is 0 Å². The van der Waals surface area contributed by atoms with Gasteiger partial charge in [0.15, 0.2) is 0 Å². The minimum Gasteiger partial charge on any atom is -0.456 e. The maximum atomic E-state index is 6.47. The Morgan fingerprint density at radius 3 is 1.60 bits per heavy atom. The fourth-order valence-corrected chi connectivity index (χ4v) is 6.92. The molecule has 9 aromatic rings. The van der Waals surface area contributed by atoms with E-state index in [1.807, 2.05) is 12.1 Å². The molecule has 0 N–H and O–H groups in total. The Hall–Kier alpha value is -6.38. The third kappa shape index (κ3) is 4.92. The van der Waals surface area contributed by atoms with Crippen LogP contribution in [0.25, 0.3) is 66.1 Å². The van der Waals surface area contributed by atoms with Gasteiger partial charge in [0.2, 0.25) is 0 Å². The van der Waals surface area contributed by atoms with Gasteiger partial charge in [-0.15, -0.1) is 0 Å². The van der Waals surface area contributed by atoms with Gasteiger partial charge < -0.3 is 9.32 Å². The van der Waals surface area contributed by atoms with Crippen LogP contribution in [-0.2, 0) is 0 Å². The molecule has 0 saturated heterocycles. The van der Waals surface area contributed by atoms with Crippen LogP contribution in [0.4, 0.5) is 17.1 Å². The van der Waals surface area contributed by atoms with Gasteiger partial charge in [0.25, 0.3) is 0 Å². The standard InChI is InChI=1S/C46H31NO/c1-3-12-32(13-4-1)33-22-26-37(27-23-33)47(38-28-24-36(25-29-38)40-20-11-17-34-16-7-8-18-39(34)40)44-31-46-43(41-19-9-10-21-45(41)48-46)30-42(44)35-14-5-2-6-15-35/h1-31H. The van der Waals surface area contributed by atoms with Gasteiger partial charge in [0.05, 0.1) is 5.69 Å². The molecular weight excluding hydrogens is 583 g/mol. The lowest BCUT2D eigenvalue weighted by atomic mass is 9.97. The van der Waals surface area contributed by atoms with Crippen molar-refractivity contribution in [3.05, 3.63) is 188 Å². The van der Waals surface area contributed by atoms with E-state index in [0.717, 1.165) is 50.1 Å². The quantitative estimate of drug-likeness (QED) is 0.185. The lowest BCUT2D eigenvalue weighted by molar-refractivity contribution is 0.669. The Labute approximate surface area is 279 Å². The van der Waals surface area contributed by atoms with E-state index in [1.54, 1.807) is 0 Å². The summed E-state index contributed by atoms with van der Waals surface area (Å²) in [5, 5.41) is 4.72. The average Bonchev–Trinajstić information content (AvgIpc) is 3.53. The molecule has 2 nitrogen and oxygen atoms in total. The zero-order chi connectivity index (χ0) is 31.9. The van der Waals surface area contributed by atoms with Crippen molar-refractivity contribution in [3.63, 3.8) is 0 Å². The van der Waals surface area contributed by atoms with Gasteiger partial charge in [-0.2, -0.15) is 0 Å². The molecule has 0 radical (unpaired) electrons. The van der Waals surface area contributed by atoms with E-state index in [2.05, 4.69) is 181 Å². The summed E-state index contributed by atoms with van der Waals surface area (Å²) in [4.78, 5) is 2.36. The van der Waals surface area contributed by atoms with Crippen molar-refractivity contribution in [2.24, 2.45) is 0 Å². The number of fused-ring (bicyclic) bond motifs is 4. The molecule has 0 spiro atoms. The minimum atomic E-state index is 0.865. The first-order chi connectivity index (χ1) is 23.8. The molecule has 0 aliphatic rings. The molecule has 0 amide bonds. The maximum absolute atomic E-state index is 6.47. The molecule has 9 rings (SSSR count). The number of rotatable bonds is 6. The van der Waals surface area contributed by atoms with Gasteiger partial charge in [-0.05, 0) is 75.0 Å². The average molecular weight is 614 g/mol. The van der Waals surface area contributed by atoms with E-state index < -0.39 is 0 Å². The number of hydrogen-bond acceptors (Lipinski definition) is 2. The highest BCUT2D eigenvalue weighted by Crippen LogP contribution is 2.45. The second-order valence-electron chi connectivity index (χ2n) is 12.2. The molecule has 2 heteroatoms. The van der Waals surface area contributed by atoms with Crippen LogP contribution >= 0.6 is 0 Å². The summed E-state index contributed by atoms with van der Waals surface area (Å²) in [5.41, 5.74) is 12.0. The fraction of sp³-hybridized carbons (Fsp3) is 0. The maximum Gasteiger partial charge on any atom is 0.137 e. The van der Waals surface area contributed by atoms with Crippen molar-refractivity contribution in [1.29, 1.82) is 0 Å². The zero-order valence-corrected chi connectivity index (χ0v) is 26.3. The first-order valence-corrected chi connectivity index (χ1v) is 16.3. The predicted molar refractivity (Wildman–Crippen MR) is 202 cm³/mol. The van der Waals surface area contributed by atoms with Crippen molar-refractivity contribution in [2.45, 2.75) is 0 Å². The summed E-state index contributed by atoms with van der Waals surface area (Å²) < 4.78 is 6.47. The van der Waals surface area contributed by atoms with Gasteiger partial charge in [-0.1, -0.05) is 146 Å². The molecule has 0 fully saturated rings. The topological polar surface area (TPSA) is 16.4 Å². The van der Waals surface area contributed by atoms with Crippen molar-refractivity contribution in [2.75, 3.05) is 4.90 Å². The van der Waals surface area contributed by atoms with Gasteiger partial charge in [-0.25, -0.2) is 0 Å². The number of benzene rings is 8. The molecule has 8 aromatic carbocycles. The molecule has 1 heterocycles. The van der Waals surface area contributed by atoms with Crippen molar-refractivity contribution >= 4 is 49.8 Å². The summed E-state index contributed by atoms with van der Waals surface area (Å²) in [7, 11) is 0. The highest BCUT2D eigenvalue weighted by Gasteiger charge is 2.21. The lowest BCUT2D eigenvalue weighted by Crippen LogP contribution is -2.11. The molecular formula is C46H31NO. The Balaban J connectivity index is 1.25. The smallest absolute Gasteiger partial charge is 0.137 e. The van der Waals surface area contributed by atoms with Crippen LogP contribution in [0.1, 0.15) is 0 Å². The third-order valence-electron chi connectivity index (χ3n) is 9.28. The molecule has 226 valence electrons. The van der Waals surface area contributed by atoms with Crippen LogP contribution in [0.5, 0.6) is 0 Å². The van der Waals surface area contributed by atoms with Gasteiger partial charge in [0, 0.05) is 33.8 Å². The molecule has 0 aliphatic carbocycles. The number of anilines is 3. The molecule has 48 heavy (non-hydrogen) atoms. The fourth-order valence-electron chi connectivity index (χ4n) is 6.92. The lowest BCUT2D eigenvalue weighted by Gasteiger charge is -2.28. The van der Waals surface area contributed by atoms with E-state index in [4.69, 9.17) is 4.42 Å². The van der Waals surface area contributed by atoms with Crippen LogP contribution < -0.4 is 4.90 Å². The van der Waals surface area contributed by atoms with Crippen LogP contribution in [0.3, 0.4) is 0 Å². The van der Waals surface area contributed by atoms with Crippen LogP contribution in [0.15, 0.2) is 192 Å². The van der Waals surface area contributed by atoms with E-state index in [0.29, 0.717) is 0 Å². The highest BCUT2D eigenvalue weighted by atomic mass is 16.3. The van der Waals surface area contributed by atoms with Crippen molar-refractivity contribution < 1.29 is 4.42 Å². The SMILES string of the molecule is c1ccc(-c2ccc(N(c3ccc(-c4cccc5ccccc45)cc3)c3cc4oc5ccccc5c4cc3-c3ccccc3)cc2)cc1. The first-order valence-electron chi connectivity index (χ1n) is 16.3. The van der Waals surface area contributed by atoms with E-state index in [9.17, 15) is 0 Å². The first kappa shape index (κ1) is 27.9. The molecule has 1 aromatic heterocycles. The summed E-state index contributed by atoms with van der Waals surface area (Å²) in [6, 6.07) is 66.9. The largest absolute Gasteiger partial charge is 0.456 e. The van der Waals surface area contributed by atoms with E-state index in [1.165, 1.54) is 33.0 Å². The molecule has 0 bridgehead atoms. The second-order valence-corrected chi connectivity index (χ2v) is 12.2. The summed E-state index contributed by atoms with van der Waals surface area (Å²) >= 11 is 0. The monoisotopic (exact) mass is 613 g/mol. The van der Waals surface area contributed by atoms with E-state index in [-0.39, 0.29) is 0 Å². The number of para-hydroxylation sites is 1. The normalized spacial score (nSPS) is 11.3. The Bertz CT molecular complexity index is 2530. The second kappa shape index (κ2) is 11.8. The Kier molecular flexibility index (Phi) is 6.84. The van der Waals surface area contributed by atoms with Gasteiger partial charge >= 0.3 is 0 Å². The number of hydrogen-bond donors (Lipinski definition) is 0. The minimum absolute atomic E-state index is 0.865. The summed E-state index contributed by atoms with van der Waals surface area (Å²) in [6.07, 6.45) is 0. The Morgan fingerprint density at radius 2 is 0.875 bits per heavy atom. The Morgan fingerprint density at radius 1 is 0.333 bits per heavy atom. The van der Waals surface area contributed by atoms with Crippen molar-refractivity contribution in [3.8, 4) is 33.4 Å². The van der Waals surface area contributed by atoms with Crippen molar-refractivity contribution in [1.82, 2.24) is 0 Å². The number of nitrogens with zero attached hydrogens (tertiary/aromatic N) is 1. The van der Waals surface area contributed by atoms with E-state index >= 15 is 0 Å². The highest BCUT2D eigenvalue weighted by molar-refractivity contribution is 6.09. The zero-order valence-electron chi connectivity index (χ0n) is 26.3. The number of furan rings is 1. The van der Waals surface area contributed by atoms with Gasteiger partial charge in [0.1, 0.15) is 11.2 Å². The third-order valence-corrected chi connectivity index (χ3v) is 9.28. The molecule has 0 atom stereocenters. The molecule has 0 unspecified atom stereocenters. The molecule has 0 aliphatic heterocycles. The van der Waals surface area contributed by atoms with Crippen LogP contribution in [0, 0.1) is 0 Å². The molecule has 0 saturated carbocycles. The van der Waals surface area contributed by atoms with Gasteiger partial charge in [-0.3, -0.25) is 0 Å². The summed E-state index contributed by atoms with van der Waals surface area (Å²) in [5.74, 6) is 0. The van der Waals surface area contributed by atoms with Crippen LogP contribution in [-0.4, -0.2) is 0 Å². The summed E-state index contributed by atoms with van der Waals surface area (Å²) in [6.45, 7) is 0. The predicted octanol–water partition coefficient (Wildman–Crippen LogP) is 13.2.